The van der Waals surface area contributed by atoms with Gasteiger partial charge in [-0.15, -0.1) is 0 Å². The van der Waals surface area contributed by atoms with E-state index in [0.29, 0.717) is 33.8 Å². The van der Waals surface area contributed by atoms with Gasteiger partial charge in [0, 0.05) is 23.5 Å². The van der Waals surface area contributed by atoms with Gasteiger partial charge in [0.1, 0.15) is 11.5 Å². The van der Waals surface area contributed by atoms with Gasteiger partial charge in [-0.25, -0.2) is 19.7 Å². The summed E-state index contributed by atoms with van der Waals surface area (Å²) < 4.78 is 38.3. The van der Waals surface area contributed by atoms with Crippen molar-refractivity contribution in [1.29, 1.82) is 0 Å². The molecule has 0 atom stereocenters. The van der Waals surface area contributed by atoms with Crippen molar-refractivity contribution in [2.45, 2.75) is 13.1 Å². The lowest BCUT2D eigenvalue weighted by atomic mass is 10.1. The molecule has 0 fully saturated rings. The number of nitrogens with one attached hydrogen (secondary N) is 1. The van der Waals surface area contributed by atoms with Crippen molar-refractivity contribution in [3.8, 4) is 11.4 Å². The van der Waals surface area contributed by atoms with Crippen LogP contribution in [-0.2, 0) is 6.18 Å². The average molecular weight is 460 g/mol. The normalized spacial score (nSPS) is 11.5. The highest BCUT2D eigenvalue weighted by atomic mass is 35.5. The molecule has 0 amide bonds. The third-order valence-electron chi connectivity index (χ3n) is 4.49. The maximum atomic E-state index is 12.8. The number of carboxylic acid groups (broad SMARTS) is 1. The summed E-state index contributed by atoms with van der Waals surface area (Å²) >= 11 is 6.19. The molecule has 0 aromatic carbocycles. The Morgan fingerprint density at radius 1 is 1.06 bits per heavy atom. The number of alkyl halides is 3. The third kappa shape index (κ3) is 4.30. The Hall–Kier alpha value is -3.79. The summed E-state index contributed by atoms with van der Waals surface area (Å²) in [6, 6.07) is 8.52. The fourth-order valence-electron chi connectivity index (χ4n) is 2.98. The molecular formula is C21H13ClF3N5O2. The number of carbonyl (C=O) groups is 1. The third-order valence-corrected chi connectivity index (χ3v) is 4.77. The summed E-state index contributed by atoms with van der Waals surface area (Å²) in [6.45, 7) is 1.74. The number of aromatic nitrogens is 4. The van der Waals surface area contributed by atoms with Gasteiger partial charge in [-0.05, 0) is 43.3 Å². The van der Waals surface area contributed by atoms with Gasteiger partial charge >= 0.3 is 12.1 Å². The van der Waals surface area contributed by atoms with Crippen LogP contribution in [0.1, 0.15) is 21.6 Å². The van der Waals surface area contributed by atoms with Crippen LogP contribution >= 0.6 is 11.6 Å². The molecular weight excluding hydrogens is 447 g/mol. The molecule has 0 radical (unpaired) electrons. The average Bonchev–Trinajstić information content (AvgIpc) is 2.72. The number of rotatable bonds is 4. The number of carboxylic acids is 1. The highest BCUT2D eigenvalue weighted by Crippen LogP contribution is 2.32. The number of aromatic carboxylic acids is 1. The van der Waals surface area contributed by atoms with Crippen molar-refractivity contribution in [2.75, 3.05) is 5.32 Å². The van der Waals surface area contributed by atoms with E-state index >= 15 is 0 Å². The summed E-state index contributed by atoms with van der Waals surface area (Å²) in [5.74, 6) is -0.926. The molecule has 162 valence electrons. The topological polar surface area (TPSA) is 101 Å². The molecule has 4 heterocycles. The van der Waals surface area contributed by atoms with E-state index < -0.39 is 17.7 Å². The summed E-state index contributed by atoms with van der Waals surface area (Å²) in [6.07, 6.45) is -2.53. The van der Waals surface area contributed by atoms with E-state index in [2.05, 4.69) is 25.3 Å². The number of nitrogens with zero attached hydrogens (tertiary/aromatic N) is 4. The number of fused-ring (bicyclic) bond motifs is 1. The standard InChI is InChI=1S/C21H13ClF3N5O2/c1-10-6-16(29-17-5-2-12(9-26-17)21(23,24)25)13-3-4-15(30-19(13)28-10)18-14(22)7-11(8-27-18)20(31)32/h2-9H,1H3,(H,31,32)(H,26,28,29,30). The van der Waals surface area contributed by atoms with Crippen molar-refractivity contribution in [3.63, 3.8) is 0 Å². The molecule has 11 heteroatoms. The van der Waals surface area contributed by atoms with Gasteiger partial charge in [0.2, 0.25) is 0 Å². The SMILES string of the molecule is Cc1cc(Nc2ccc(C(F)(F)F)cn2)c2ccc(-c3ncc(C(=O)O)cc3Cl)nc2n1. The van der Waals surface area contributed by atoms with Crippen molar-refractivity contribution in [1.82, 2.24) is 19.9 Å². The predicted molar refractivity (Wildman–Crippen MR) is 112 cm³/mol. The first-order valence-electron chi connectivity index (χ1n) is 9.10. The fourth-order valence-corrected chi connectivity index (χ4v) is 3.25. The van der Waals surface area contributed by atoms with E-state index in [1.54, 1.807) is 25.1 Å². The fraction of sp³-hybridized carbons (Fsp3) is 0.0952. The molecule has 7 nitrogen and oxygen atoms in total. The van der Waals surface area contributed by atoms with E-state index in [4.69, 9.17) is 16.7 Å². The molecule has 0 bridgehead atoms. The van der Waals surface area contributed by atoms with Crippen LogP contribution in [0.3, 0.4) is 0 Å². The first-order chi connectivity index (χ1) is 15.1. The number of hydrogen-bond acceptors (Lipinski definition) is 6. The largest absolute Gasteiger partial charge is 0.478 e. The highest BCUT2D eigenvalue weighted by Gasteiger charge is 2.30. The summed E-state index contributed by atoms with van der Waals surface area (Å²) in [7, 11) is 0. The number of pyridine rings is 4. The zero-order chi connectivity index (χ0) is 23.0. The maximum Gasteiger partial charge on any atom is 0.417 e. The minimum absolute atomic E-state index is 0.0518. The molecule has 0 saturated heterocycles. The van der Waals surface area contributed by atoms with Crippen molar-refractivity contribution in [3.05, 3.63) is 70.6 Å². The van der Waals surface area contributed by atoms with Gasteiger partial charge in [0.05, 0.1) is 27.5 Å². The highest BCUT2D eigenvalue weighted by molar-refractivity contribution is 6.33. The Bertz CT molecular complexity index is 1340. The molecule has 0 spiro atoms. The molecule has 32 heavy (non-hydrogen) atoms. The van der Waals surface area contributed by atoms with Gasteiger partial charge in [0.25, 0.3) is 0 Å². The van der Waals surface area contributed by atoms with E-state index in [0.717, 1.165) is 12.3 Å². The van der Waals surface area contributed by atoms with E-state index in [1.165, 1.54) is 18.3 Å². The second kappa shape index (κ2) is 8.04. The van der Waals surface area contributed by atoms with Gasteiger partial charge in [-0.1, -0.05) is 11.6 Å². The molecule has 4 rings (SSSR count). The zero-order valence-electron chi connectivity index (χ0n) is 16.3. The molecule has 0 saturated carbocycles. The van der Waals surface area contributed by atoms with Crippen LogP contribution < -0.4 is 5.32 Å². The molecule has 0 unspecified atom stereocenters. The molecule has 4 aromatic heterocycles. The molecule has 2 N–H and O–H groups in total. The van der Waals surface area contributed by atoms with E-state index in [-0.39, 0.29) is 16.4 Å². The summed E-state index contributed by atoms with van der Waals surface area (Å²) in [5, 5.41) is 12.8. The summed E-state index contributed by atoms with van der Waals surface area (Å²) in [5.41, 5.74) is 1.29. The minimum atomic E-state index is -4.47. The van der Waals surface area contributed by atoms with Crippen LogP contribution in [-0.4, -0.2) is 31.0 Å². The van der Waals surface area contributed by atoms with Gasteiger partial charge in [-0.2, -0.15) is 13.2 Å². The summed E-state index contributed by atoms with van der Waals surface area (Å²) in [4.78, 5) is 27.9. The van der Waals surface area contributed by atoms with Crippen molar-refractivity contribution >= 4 is 40.1 Å². The quantitative estimate of drug-likeness (QED) is 0.415. The van der Waals surface area contributed by atoms with Crippen LogP contribution in [0.25, 0.3) is 22.4 Å². The zero-order valence-corrected chi connectivity index (χ0v) is 17.0. The first-order valence-corrected chi connectivity index (χ1v) is 9.47. The Morgan fingerprint density at radius 2 is 1.84 bits per heavy atom. The number of halogens is 4. The van der Waals surface area contributed by atoms with Gasteiger partial charge in [-0.3, -0.25) is 4.98 Å². The Kier molecular flexibility index (Phi) is 5.39. The van der Waals surface area contributed by atoms with Crippen molar-refractivity contribution < 1.29 is 23.1 Å². The van der Waals surface area contributed by atoms with Crippen LogP contribution in [0.15, 0.2) is 48.8 Å². The molecule has 0 aliphatic rings. The number of hydrogen-bond donors (Lipinski definition) is 2. The number of anilines is 2. The van der Waals surface area contributed by atoms with Crippen molar-refractivity contribution in [2.24, 2.45) is 0 Å². The lowest BCUT2D eigenvalue weighted by Crippen LogP contribution is -2.06. The molecule has 0 aliphatic carbocycles. The Morgan fingerprint density at radius 3 is 2.47 bits per heavy atom. The predicted octanol–water partition coefficient (Wildman–Crippen LogP) is 5.51. The smallest absolute Gasteiger partial charge is 0.417 e. The van der Waals surface area contributed by atoms with E-state index in [1.807, 2.05) is 0 Å². The van der Waals surface area contributed by atoms with Crippen LogP contribution in [0.2, 0.25) is 5.02 Å². The molecule has 0 aliphatic heterocycles. The monoisotopic (exact) mass is 459 g/mol. The Balaban J connectivity index is 1.71. The molecule has 4 aromatic rings. The van der Waals surface area contributed by atoms with Crippen LogP contribution in [0.4, 0.5) is 24.7 Å². The van der Waals surface area contributed by atoms with E-state index in [9.17, 15) is 18.0 Å². The second-order valence-corrected chi connectivity index (χ2v) is 7.20. The van der Waals surface area contributed by atoms with Crippen LogP contribution in [0, 0.1) is 6.92 Å². The van der Waals surface area contributed by atoms with Gasteiger partial charge < -0.3 is 10.4 Å². The second-order valence-electron chi connectivity index (χ2n) is 6.79. The van der Waals surface area contributed by atoms with Crippen LogP contribution in [0.5, 0.6) is 0 Å². The first kappa shape index (κ1) is 21.4. The Labute approximate surface area is 184 Å². The lowest BCUT2D eigenvalue weighted by Gasteiger charge is -2.12. The minimum Gasteiger partial charge on any atom is -0.478 e. The lowest BCUT2D eigenvalue weighted by molar-refractivity contribution is -0.137. The van der Waals surface area contributed by atoms with Gasteiger partial charge in [0.15, 0.2) is 5.65 Å². The number of aryl methyl sites for hydroxylation is 1. The maximum absolute atomic E-state index is 12.8.